The fourth-order valence-corrected chi connectivity index (χ4v) is 8.54. The first-order valence-electron chi connectivity index (χ1n) is 17.6. The SMILES string of the molecule is COc1ccc(-n2ccc3c(=O)n(CC4(O)CCN(C(=O)[C@@H]5CCN(Cc6cnc(-c7cncnc7)s6)C[C@H]5c5ccccc5)CC4)cnc32)cc1. The van der Waals surface area contributed by atoms with Crippen LogP contribution in [-0.2, 0) is 17.9 Å². The van der Waals surface area contributed by atoms with Crippen molar-refractivity contribution in [1.82, 2.24) is 38.9 Å². The maximum Gasteiger partial charge on any atom is 0.262 e. The van der Waals surface area contributed by atoms with E-state index in [9.17, 15) is 14.7 Å². The quantitative estimate of drug-likeness (QED) is 0.225. The molecule has 0 saturated carbocycles. The lowest BCUT2D eigenvalue weighted by atomic mass is 9.79. The van der Waals surface area contributed by atoms with E-state index in [2.05, 4.69) is 37.0 Å². The highest BCUT2D eigenvalue weighted by Crippen LogP contribution is 2.37. The summed E-state index contributed by atoms with van der Waals surface area (Å²) >= 11 is 1.65. The second-order valence-electron chi connectivity index (χ2n) is 13.8. The summed E-state index contributed by atoms with van der Waals surface area (Å²) in [6.07, 6.45) is 11.8. The second-order valence-corrected chi connectivity index (χ2v) is 14.9. The lowest BCUT2D eigenvalue weighted by Gasteiger charge is -2.43. The van der Waals surface area contributed by atoms with Crippen molar-refractivity contribution in [2.75, 3.05) is 33.3 Å². The van der Waals surface area contributed by atoms with Crippen LogP contribution >= 0.6 is 11.3 Å². The van der Waals surface area contributed by atoms with Crippen LogP contribution in [0.5, 0.6) is 5.75 Å². The van der Waals surface area contributed by atoms with Gasteiger partial charge in [-0.15, -0.1) is 11.3 Å². The third-order valence-corrected chi connectivity index (χ3v) is 11.5. The Morgan fingerprint density at radius 1 is 0.981 bits per heavy atom. The van der Waals surface area contributed by atoms with Gasteiger partial charge in [0.25, 0.3) is 5.56 Å². The van der Waals surface area contributed by atoms with Crippen molar-refractivity contribution in [2.45, 2.75) is 43.9 Å². The molecule has 1 amide bonds. The number of carbonyl (C=O) groups excluding carboxylic acids is 1. The monoisotopic (exact) mass is 716 g/mol. The van der Waals surface area contributed by atoms with E-state index in [1.54, 1.807) is 36.9 Å². The molecule has 2 fully saturated rings. The first kappa shape index (κ1) is 33.9. The van der Waals surface area contributed by atoms with Crippen LogP contribution in [0.2, 0.25) is 0 Å². The minimum Gasteiger partial charge on any atom is -0.497 e. The van der Waals surface area contributed by atoms with Crippen molar-refractivity contribution in [3.8, 4) is 22.0 Å². The fourth-order valence-electron chi connectivity index (χ4n) is 7.61. The number of fused-ring (bicyclic) bond motifs is 1. The number of aliphatic hydroxyl groups is 1. The average Bonchev–Trinajstić information content (AvgIpc) is 3.85. The maximum absolute atomic E-state index is 14.2. The van der Waals surface area contributed by atoms with Gasteiger partial charge < -0.3 is 19.3 Å². The van der Waals surface area contributed by atoms with E-state index >= 15 is 0 Å². The number of thiazole rings is 1. The van der Waals surface area contributed by atoms with E-state index in [1.807, 2.05) is 64.3 Å². The molecule has 2 aliphatic heterocycles. The normalized spacial score (nSPS) is 19.2. The molecule has 4 aromatic heterocycles. The van der Waals surface area contributed by atoms with Gasteiger partial charge in [-0.2, -0.15) is 0 Å². The number of rotatable bonds is 9. The molecule has 2 atom stereocenters. The van der Waals surface area contributed by atoms with Crippen molar-refractivity contribution < 1.29 is 14.6 Å². The largest absolute Gasteiger partial charge is 0.497 e. The molecule has 0 bridgehead atoms. The van der Waals surface area contributed by atoms with Crippen LogP contribution in [-0.4, -0.2) is 88.8 Å². The van der Waals surface area contributed by atoms with E-state index < -0.39 is 5.60 Å². The van der Waals surface area contributed by atoms with E-state index in [0.717, 1.165) is 58.5 Å². The number of methoxy groups -OCH3 is 1. The number of hydrogen-bond donors (Lipinski definition) is 1. The summed E-state index contributed by atoms with van der Waals surface area (Å²) < 4.78 is 8.63. The summed E-state index contributed by atoms with van der Waals surface area (Å²) in [6, 6.07) is 19.6. The summed E-state index contributed by atoms with van der Waals surface area (Å²) in [6.45, 7) is 3.31. The predicted octanol–water partition coefficient (Wildman–Crippen LogP) is 4.77. The molecule has 8 rings (SSSR count). The Labute approximate surface area is 305 Å². The lowest BCUT2D eigenvalue weighted by Crippen LogP contribution is -2.53. The van der Waals surface area contributed by atoms with Crippen LogP contribution in [0.1, 0.15) is 35.6 Å². The van der Waals surface area contributed by atoms with Gasteiger partial charge in [0.1, 0.15) is 23.4 Å². The highest BCUT2D eigenvalue weighted by molar-refractivity contribution is 7.15. The number of ether oxygens (including phenoxy) is 1. The smallest absolute Gasteiger partial charge is 0.262 e. The molecular weight excluding hydrogens is 677 g/mol. The van der Waals surface area contributed by atoms with Gasteiger partial charge in [0, 0.05) is 78.9 Å². The van der Waals surface area contributed by atoms with Gasteiger partial charge in [0.05, 0.1) is 24.6 Å². The van der Waals surface area contributed by atoms with Gasteiger partial charge in [-0.25, -0.2) is 19.9 Å². The van der Waals surface area contributed by atoms with E-state index in [4.69, 9.17) is 4.74 Å². The molecule has 1 N–H and O–H groups in total. The second kappa shape index (κ2) is 14.4. The molecule has 266 valence electrons. The number of aromatic nitrogens is 6. The third-order valence-electron chi connectivity index (χ3n) is 10.5. The van der Waals surface area contributed by atoms with Gasteiger partial charge in [0.15, 0.2) is 5.65 Å². The minimum atomic E-state index is -1.13. The van der Waals surface area contributed by atoms with E-state index in [-0.39, 0.29) is 29.8 Å². The molecule has 0 spiro atoms. The highest BCUT2D eigenvalue weighted by Gasteiger charge is 2.41. The van der Waals surface area contributed by atoms with Crippen molar-refractivity contribution in [3.05, 3.63) is 119 Å². The average molecular weight is 717 g/mol. The van der Waals surface area contributed by atoms with Crippen molar-refractivity contribution in [3.63, 3.8) is 0 Å². The van der Waals surface area contributed by atoms with E-state index in [0.29, 0.717) is 37.0 Å². The first-order chi connectivity index (χ1) is 25.4. The van der Waals surface area contributed by atoms with Crippen LogP contribution in [0, 0.1) is 5.92 Å². The zero-order chi connectivity index (χ0) is 35.7. The van der Waals surface area contributed by atoms with Crippen molar-refractivity contribution in [1.29, 1.82) is 0 Å². The van der Waals surface area contributed by atoms with Crippen LogP contribution in [0.15, 0.2) is 103 Å². The Morgan fingerprint density at radius 3 is 2.50 bits per heavy atom. The molecular formula is C39H40N8O4S. The zero-order valence-corrected chi connectivity index (χ0v) is 29.7. The number of benzene rings is 2. The molecule has 0 radical (unpaired) electrons. The first-order valence-corrected chi connectivity index (χ1v) is 18.4. The van der Waals surface area contributed by atoms with Gasteiger partial charge in [-0.3, -0.25) is 19.1 Å². The van der Waals surface area contributed by atoms with Crippen LogP contribution in [0.3, 0.4) is 0 Å². The van der Waals surface area contributed by atoms with E-state index in [1.165, 1.54) is 17.2 Å². The summed E-state index contributed by atoms with van der Waals surface area (Å²) in [4.78, 5) is 50.7. The molecule has 0 aliphatic carbocycles. The molecule has 12 nitrogen and oxygen atoms in total. The Kier molecular flexibility index (Phi) is 9.39. The van der Waals surface area contributed by atoms with Gasteiger partial charge >= 0.3 is 0 Å². The highest BCUT2D eigenvalue weighted by atomic mass is 32.1. The Balaban J connectivity index is 0.926. The summed E-state index contributed by atoms with van der Waals surface area (Å²) in [5.41, 5.74) is 2.15. The molecule has 13 heteroatoms. The standard InChI is InChI=1S/C39H40N8O4S/c1-51-30-9-7-29(8-10-30)47-16-12-33-35(47)43-26-46(38(33)49)24-39(50)13-17-45(18-14-39)37(48)32-11-15-44(23-34(32)27-5-3-2-4-6-27)22-31-21-42-36(52-31)28-19-40-25-41-20-28/h2-10,12,16,19-21,25-26,32,34,50H,11,13-15,17-18,22-24H2,1H3/t32-,34+/m1/s1. The molecule has 52 heavy (non-hydrogen) atoms. The van der Waals surface area contributed by atoms with Gasteiger partial charge in [-0.05, 0) is 61.7 Å². The Bertz CT molecular complexity index is 2210. The molecule has 6 aromatic rings. The zero-order valence-electron chi connectivity index (χ0n) is 28.9. The molecule has 6 heterocycles. The molecule has 2 saturated heterocycles. The fraction of sp³-hybridized carbons (Fsp3) is 0.333. The lowest BCUT2D eigenvalue weighted by molar-refractivity contribution is -0.142. The number of nitrogens with zero attached hydrogens (tertiary/aromatic N) is 8. The number of amides is 1. The summed E-state index contributed by atoms with van der Waals surface area (Å²) in [7, 11) is 1.62. The molecule has 2 aliphatic rings. The van der Waals surface area contributed by atoms with Crippen LogP contribution < -0.4 is 10.3 Å². The molecule has 0 unspecified atom stereocenters. The summed E-state index contributed by atoms with van der Waals surface area (Å²) in [5.74, 6) is 0.766. The van der Waals surface area contributed by atoms with Gasteiger partial charge in [-0.1, -0.05) is 30.3 Å². The predicted molar refractivity (Wildman–Crippen MR) is 198 cm³/mol. The van der Waals surface area contributed by atoms with Crippen LogP contribution in [0.4, 0.5) is 0 Å². The Hall–Kier alpha value is -5.24. The number of likely N-dealkylation sites (tertiary alicyclic amines) is 2. The van der Waals surface area contributed by atoms with Crippen LogP contribution in [0.25, 0.3) is 27.3 Å². The maximum atomic E-state index is 14.2. The molecule has 2 aromatic carbocycles. The minimum absolute atomic E-state index is 0.0415. The van der Waals surface area contributed by atoms with Gasteiger partial charge in [0.2, 0.25) is 5.91 Å². The Morgan fingerprint density at radius 2 is 1.75 bits per heavy atom. The summed E-state index contributed by atoms with van der Waals surface area (Å²) in [5, 5.41) is 13.1. The van der Waals surface area contributed by atoms with Crippen molar-refractivity contribution >= 4 is 28.3 Å². The third kappa shape index (κ3) is 6.86. The number of carbonyl (C=O) groups is 1. The topological polar surface area (TPSA) is 132 Å². The van der Waals surface area contributed by atoms with Crippen molar-refractivity contribution in [2.24, 2.45) is 5.92 Å². The number of hydrogen-bond acceptors (Lipinski definition) is 10. The number of piperidine rings is 2.